The number of Topliss-reactive ketones (excluding diaryl/α,β-unsaturated/α-hetero) is 10. The van der Waals surface area contributed by atoms with Gasteiger partial charge in [0.2, 0.25) is 11.6 Å². The van der Waals surface area contributed by atoms with Crippen molar-refractivity contribution in [3.8, 4) is 53.5 Å². The van der Waals surface area contributed by atoms with Gasteiger partial charge in [0.1, 0.15) is 114 Å². The number of fused-ring (bicyclic) bond motifs is 15. The van der Waals surface area contributed by atoms with Gasteiger partial charge >= 0.3 is 0 Å². The van der Waals surface area contributed by atoms with Gasteiger partial charge in [-0.3, -0.25) is 47.9 Å². The second kappa shape index (κ2) is 34.9. The summed E-state index contributed by atoms with van der Waals surface area (Å²) in [5.41, 5.74) is 6.24. The first-order valence-corrected chi connectivity index (χ1v) is 49.7. The average molecular weight is 1920 g/mol. The molecule has 13 aliphatic rings. The number of alkyl halides is 5. The second-order valence-corrected chi connectivity index (χ2v) is 42.6. The Kier molecular flexibility index (Phi) is 24.2. The van der Waals surface area contributed by atoms with Crippen LogP contribution < -0.4 is 0 Å². The number of carbonyl (C=O) groups is 10. The van der Waals surface area contributed by atoms with Gasteiger partial charge in [-0.15, -0.1) is 68.0 Å². The maximum atomic E-state index is 14.5. The quantitative estimate of drug-likeness (QED) is 0.0811. The minimum Gasteiger partial charge on any atom is -0.292 e. The summed E-state index contributed by atoms with van der Waals surface area (Å²) in [4.78, 5) is 165. The van der Waals surface area contributed by atoms with E-state index >= 15 is 0 Å². The van der Waals surface area contributed by atoms with Gasteiger partial charge in [-0.25, -0.2) is 56.3 Å². The Morgan fingerprint density at radius 2 is 0.604 bits per heavy atom. The molecule has 0 spiro atoms. The van der Waals surface area contributed by atoms with E-state index in [2.05, 4.69) is 52.7 Å². The van der Waals surface area contributed by atoms with Crippen molar-refractivity contribution in [1.82, 2.24) is 0 Å². The lowest BCUT2D eigenvalue weighted by atomic mass is 9.75. The molecule has 0 bridgehead atoms. The first-order chi connectivity index (χ1) is 63.8. The third-order valence-corrected chi connectivity index (χ3v) is 37.0. The van der Waals surface area contributed by atoms with Gasteiger partial charge in [0.05, 0.1) is 29.3 Å². The van der Waals surface area contributed by atoms with Crippen molar-refractivity contribution in [3.63, 3.8) is 0 Å². The largest absolute Gasteiger partial charge is 0.292 e. The van der Waals surface area contributed by atoms with E-state index in [4.69, 9.17) is 4.99 Å². The number of nitriles is 4. The van der Waals surface area contributed by atoms with Crippen LogP contribution in [0.4, 0.5) is 56.3 Å². The predicted octanol–water partition coefficient (Wildman–Crippen LogP) is 23.4. The maximum Gasteiger partial charge on any atom is 0.212 e. The van der Waals surface area contributed by atoms with Gasteiger partial charge < -0.3 is 0 Å². The first kappa shape index (κ1) is 92.8. The monoisotopic (exact) mass is 1920 g/mol. The minimum absolute atomic E-state index is 0. The SMILES string of the molecule is C.CCC1(CC)c2cc(N=C3C(=O)C4CC(C)C(F)CC4C3=O)sc2-c2sc(N=C3C(=O)C4CC(F)C(F)CC4C3=O)cc21.CCC1(CC)c2cc(N=C3C(=O)C4CC(F)C(F)CC4C3=O)sc2-c2sc(N=C3C(=O)c4cc(F)c(C)cc4C3=C(C#N)C#N)cc21.CCC1(CC)c2cc(N=C3C(=O)C4CCCCC4C3=O)sc2-c2sc(N=C3C(=O)c4ccccc4C3=C(C#N)C#N)cc21. The van der Waals surface area contributed by atoms with E-state index in [0.29, 0.717) is 60.4 Å². The molecule has 8 fully saturated rings. The fourth-order valence-corrected chi connectivity index (χ4v) is 30.3. The lowest BCUT2D eigenvalue weighted by Crippen LogP contribution is -2.35. The predicted molar refractivity (Wildman–Crippen MR) is 507 cm³/mol. The highest BCUT2D eigenvalue weighted by Gasteiger charge is 2.58. The molecule has 8 saturated carbocycles. The number of allylic oxidation sites excluding steroid dienone is 4. The Morgan fingerprint density at radius 3 is 0.896 bits per heavy atom. The van der Waals surface area contributed by atoms with Gasteiger partial charge in [-0.2, -0.15) is 21.0 Å². The van der Waals surface area contributed by atoms with Crippen LogP contribution in [0.5, 0.6) is 0 Å². The number of ketones is 10. The molecule has 0 aliphatic heterocycles. The third kappa shape index (κ3) is 14.1. The Labute approximate surface area is 791 Å². The molecule has 20 nitrogen and oxygen atoms in total. The summed E-state index contributed by atoms with van der Waals surface area (Å²) in [6.07, 6.45) is -0.958. The zero-order valence-electron chi connectivity index (χ0n) is 73.1. The topological polar surface area (TPSA) is 340 Å². The zero-order chi connectivity index (χ0) is 94.1. The number of rotatable bonds is 12. The fourth-order valence-electron chi connectivity index (χ4n) is 23.0. The molecule has 134 heavy (non-hydrogen) atoms. The molecule has 13 aliphatic carbocycles. The van der Waals surface area contributed by atoms with E-state index in [0.717, 1.165) is 120 Å². The van der Waals surface area contributed by atoms with E-state index in [1.807, 2.05) is 74.5 Å². The molecule has 32 heteroatoms. The van der Waals surface area contributed by atoms with Crippen molar-refractivity contribution in [2.45, 2.75) is 213 Å². The van der Waals surface area contributed by atoms with Crippen LogP contribution in [0.25, 0.3) is 40.4 Å². The lowest BCUT2D eigenvalue weighted by molar-refractivity contribution is -0.123. The molecule has 21 rings (SSSR count). The highest BCUT2D eigenvalue weighted by atomic mass is 32.1. The Balaban J connectivity index is 0.000000134. The highest BCUT2D eigenvalue weighted by molar-refractivity contribution is 7.27. The van der Waals surface area contributed by atoms with Crippen LogP contribution in [-0.2, 0) is 54.6 Å². The molecule has 0 amide bonds. The summed E-state index contributed by atoms with van der Waals surface area (Å²) >= 11 is 8.30. The zero-order valence-corrected chi connectivity index (χ0v) is 78.0. The summed E-state index contributed by atoms with van der Waals surface area (Å²) in [6.45, 7) is 15.8. The van der Waals surface area contributed by atoms with Crippen LogP contribution in [0, 0.1) is 111 Å². The van der Waals surface area contributed by atoms with Crippen molar-refractivity contribution in [2.24, 2.45) is 83.2 Å². The number of nitrogens with zero attached hydrogens (tertiary/aromatic N) is 10. The number of aliphatic imine (C=N–C) groups is 6. The maximum absolute atomic E-state index is 14.5. The van der Waals surface area contributed by atoms with E-state index in [9.17, 15) is 95.3 Å². The molecule has 6 heterocycles. The third-order valence-electron chi connectivity index (χ3n) is 30.3. The first-order valence-electron chi connectivity index (χ1n) is 44.8. The van der Waals surface area contributed by atoms with Gasteiger partial charge in [0, 0.05) is 85.9 Å². The highest BCUT2D eigenvalue weighted by Crippen LogP contribution is 2.65. The van der Waals surface area contributed by atoms with E-state index < -0.39 is 107 Å². The summed E-state index contributed by atoms with van der Waals surface area (Å²) in [7, 11) is 0. The van der Waals surface area contributed by atoms with Crippen molar-refractivity contribution >= 4 is 201 Å². The summed E-state index contributed by atoms with van der Waals surface area (Å²) in [5, 5.41) is 42.0. The Bertz CT molecular complexity index is 6790. The van der Waals surface area contributed by atoms with Crippen molar-refractivity contribution < 1.29 is 74.3 Å². The van der Waals surface area contributed by atoms with Crippen LogP contribution in [0.15, 0.2) is 114 Å². The van der Waals surface area contributed by atoms with E-state index in [1.165, 1.54) is 81.0 Å². The summed E-state index contributed by atoms with van der Waals surface area (Å²) < 4.78 is 85.1. The normalized spacial score (nSPS) is 27.1. The molecule has 0 N–H and O–H groups in total. The molecule has 14 unspecified atom stereocenters. The Hall–Kier alpha value is -11.6. The standard InChI is InChI=1S/C35H25F3N4O3S2.C34H26N4O3S2.C32H31F3N2O4S2.CH4/c1-4-35(5-2)20-10-25(41-28-27(15(12-39)13-40)16-6-14(3)22(36)7-17(16)30(28)43)46-33(20)34-21(35)11-26(47-34)42-29-31(44)18-8-23(37)24(38)9-19(18)32(29)45;1-3-34(4-2)22-13-24(37-27-26(17(15-35)16-36)18-9-5-6-10-19(18)29(27)39)42-32(22)33-23(34)14-25(43-33)38-28-30(40)20-11-7-8-12-21(20)31(28)41;1-4-32(5-2)17-10-22(36-24-26(38)13-6-12(3)19(33)7-14(13)27(24)39)42-30(17)31-18(32)11-23(43-31)37-25-28(40)15-8-20(34)21(35)9-16(15)29(25)41;/h6-7,10-11,18-19,23-24H,4-5,8-9H2,1-3H3;5-6,9-10,13-14,20-21H,3-4,7-8,11-12H2,1-2H3;10-16,19-21H,4-9H2,1-3H3;1H4. The number of hydrogen-bond donors (Lipinski definition) is 0. The van der Waals surface area contributed by atoms with Gasteiger partial charge in [0.25, 0.3) is 0 Å². The van der Waals surface area contributed by atoms with Crippen LogP contribution in [0.3, 0.4) is 0 Å². The smallest absolute Gasteiger partial charge is 0.212 e. The molecule has 2 aromatic carbocycles. The van der Waals surface area contributed by atoms with Crippen LogP contribution in [0.2, 0.25) is 0 Å². The van der Waals surface area contributed by atoms with Gasteiger partial charge in [-0.05, 0) is 201 Å². The Morgan fingerprint density at radius 1 is 0.351 bits per heavy atom. The van der Waals surface area contributed by atoms with Crippen LogP contribution in [0.1, 0.15) is 229 Å². The van der Waals surface area contributed by atoms with Crippen molar-refractivity contribution in [2.75, 3.05) is 0 Å². The van der Waals surface area contributed by atoms with Gasteiger partial charge in [-0.1, -0.05) is 93.0 Å². The average Bonchev–Trinajstić information content (AvgIpc) is 1.55. The van der Waals surface area contributed by atoms with Gasteiger partial charge in [0.15, 0.2) is 69.1 Å². The molecule has 0 radical (unpaired) electrons. The second-order valence-electron chi connectivity index (χ2n) is 36.4. The lowest BCUT2D eigenvalue weighted by Gasteiger charge is -2.30. The molecular formula is C102H86F6N10O10S6. The number of aryl methyl sites for hydroxylation is 1. The summed E-state index contributed by atoms with van der Waals surface area (Å²) in [5.74, 6) is -9.77. The van der Waals surface area contributed by atoms with Crippen molar-refractivity contribution in [1.29, 1.82) is 21.0 Å². The number of thiophene rings is 6. The van der Waals surface area contributed by atoms with Crippen LogP contribution in [-0.4, -0.2) is 123 Å². The number of benzene rings is 2. The van der Waals surface area contributed by atoms with Crippen molar-refractivity contribution in [3.05, 3.63) is 151 Å². The van der Waals surface area contributed by atoms with E-state index in [1.54, 1.807) is 31.2 Å². The van der Waals surface area contributed by atoms with E-state index in [-0.39, 0.29) is 170 Å². The molecule has 682 valence electrons. The molecule has 0 saturated heterocycles. The molecular weight excluding hydrogens is 1830 g/mol. The number of halogens is 6. The fraction of sp³-hybridized carbons (Fsp3) is 0.412. The molecule has 6 aromatic heterocycles. The molecule has 14 atom stereocenters. The van der Waals surface area contributed by atoms with Crippen LogP contribution >= 0.6 is 68.0 Å². The number of carbonyl (C=O) groups excluding carboxylic acids is 10. The summed E-state index contributed by atoms with van der Waals surface area (Å²) in [6, 6.07) is 28.8. The number of hydrogen-bond acceptors (Lipinski definition) is 26. The molecule has 8 aromatic rings. The minimum atomic E-state index is -1.78.